The van der Waals surface area contributed by atoms with E-state index in [0.717, 1.165) is 48.0 Å². The molecule has 4 nitrogen and oxygen atoms in total. The van der Waals surface area contributed by atoms with Crippen LogP contribution in [0.4, 0.5) is 4.39 Å². The van der Waals surface area contributed by atoms with Crippen molar-refractivity contribution in [1.82, 2.24) is 5.32 Å². The van der Waals surface area contributed by atoms with Crippen LogP contribution < -0.4 is 11.1 Å². The Balaban J connectivity index is 5.15. The fourth-order valence-corrected chi connectivity index (χ4v) is 2.26. The maximum atomic E-state index is 12.0. The number of nitrogens with two attached hydrogens (primary N) is 1. The van der Waals surface area contributed by atoms with Gasteiger partial charge in [0, 0.05) is 18.8 Å². The molecule has 0 fully saturated rings. The molecule has 0 spiro atoms. The van der Waals surface area contributed by atoms with Crippen molar-refractivity contribution in [3.63, 3.8) is 0 Å². The third kappa shape index (κ3) is 11.4. The van der Waals surface area contributed by atoms with Gasteiger partial charge in [-0.2, -0.15) is 0 Å². The molecule has 0 aromatic carbocycles. The summed E-state index contributed by atoms with van der Waals surface area (Å²) in [6.45, 7) is 13.7. The second-order valence-corrected chi connectivity index (χ2v) is 6.12. The lowest BCUT2D eigenvalue weighted by Crippen LogP contribution is -2.24. The molecular weight excluding hydrogens is 329 g/mol. The minimum Gasteiger partial charge on any atom is -0.386 e. The number of halogens is 1. The molecule has 0 heterocycles. The third-order valence-corrected chi connectivity index (χ3v) is 3.46. The average Bonchev–Trinajstić information content (AvgIpc) is 2.58. The first-order chi connectivity index (χ1) is 12.5. The van der Waals surface area contributed by atoms with Crippen LogP contribution in [0.1, 0.15) is 46.5 Å². The maximum Gasteiger partial charge on any atom is 0.255 e. The first-order valence-corrected chi connectivity index (χ1v) is 9.07. The first kappa shape index (κ1) is 23.9. The van der Waals surface area contributed by atoms with Crippen LogP contribution in [0.25, 0.3) is 0 Å². The fourth-order valence-electron chi connectivity index (χ4n) is 2.26. The zero-order chi connectivity index (χ0) is 19.8. The molecule has 26 heavy (non-hydrogen) atoms. The van der Waals surface area contributed by atoms with Crippen LogP contribution in [0.15, 0.2) is 65.0 Å². The van der Waals surface area contributed by atoms with Gasteiger partial charge < -0.3 is 15.9 Å². The number of hydrogen-bond acceptors (Lipinski definition) is 4. The molecule has 0 saturated carbocycles. The van der Waals surface area contributed by atoms with E-state index in [1.165, 1.54) is 6.21 Å². The Hall–Kier alpha value is -2.14. The summed E-state index contributed by atoms with van der Waals surface area (Å²) in [5.41, 5.74) is 10.00. The van der Waals surface area contributed by atoms with Crippen LogP contribution in [0.2, 0.25) is 0 Å². The molecule has 0 aliphatic heterocycles. The normalized spacial score (nSPS) is 14.0. The molecule has 0 aromatic heterocycles. The summed E-state index contributed by atoms with van der Waals surface area (Å²) in [4.78, 5) is 4.38. The zero-order valence-corrected chi connectivity index (χ0v) is 16.4. The Labute approximate surface area is 158 Å². The minimum absolute atomic E-state index is 0.204. The molecule has 1 unspecified atom stereocenters. The molecule has 0 bridgehead atoms. The highest BCUT2D eigenvalue weighted by molar-refractivity contribution is 5.79. The second kappa shape index (κ2) is 15.1. The monoisotopic (exact) mass is 363 g/mol. The van der Waals surface area contributed by atoms with Crippen molar-refractivity contribution < 1.29 is 9.23 Å². The van der Waals surface area contributed by atoms with E-state index in [4.69, 9.17) is 5.73 Å². The molecule has 3 N–H and O–H groups in total. The molecule has 0 radical (unpaired) electrons. The Kier molecular flexibility index (Phi) is 13.9. The fraction of sp³-hybridized carbons (Fsp3) is 0.476. The molecule has 0 saturated heterocycles. The molecule has 1 atom stereocenters. The zero-order valence-electron chi connectivity index (χ0n) is 16.4. The summed E-state index contributed by atoms with van der Waals surface area (Å²) >= 11 is 0. The number of nitrogens with one attached hydrogen (secondary N) is 1. The molecule has 0 aliphatic rings. The van der Waals surface area contributed by atoms with Gasteiger partial charge in [0.05, 0.1) is 6.21 Å². The van der Waals surface area contributed by atoms with Crippen molar-refractivity contribution >= 4 is 6.21 Å². The van der Waals surface area contributed by atoms with Gasteiger partial charge in [-0.3, -0.25) is 0 Å². The maximum absolute atomic E-state index is 12.0. The SMILES string of the molecule is C=C(C)/C=C(\C=N/OCF)CN/C=C(/C(=C)CCC)C(N)/C=C\CCC. The van der Waals surface area contributed by atoms with E-state index in [-0.39, 0.29) is 6.04 Å². The highest BCUT2D eigenvalue weighted by atomic mass is 19.1. The number of oxime groups is 1. The predicted octanol–water partition coefficient (Wildman–Crippen LogP) is 4.93. The van der Waals surface area contributed by atoms with Crippen LogP contribution in [0.3, 0.4) is 0 Å². The number of rotatable bonds is 14. The number of alkyl halides is 1. The summed E-state index contributed by atoms with van der Waals surface area (Å²) in [7, 11) is 0. The Bertz CT molecular complexity index is 547. The van der Waals surface area contributed by atoms with Crippen LogP contribution >= 0.6 is 0 Å². The van der Waals surface area contributed by atoms with E-state index in [2.05, 4.69) is 48.4 Å². The van der Waals surface area contributed by atoms with E-state index >= 15 is 0 Å². The van der Waals surface area contributed by atoms with Gasteiger partial charge in [-0.15, -0.1) is 0 Å². The highest BCUT2D eigenvalue weighted by Gasteiger charge is 2.09. The molecule has 0 aromatic rings. The van der Waals surface area contributed by atoms with Crippen molar-refractivity contribution in [2.75, 3.05) is 13.4 Å². The van der Waals surface area contributed by atoms with Gasteiger partial charge in [0.15, 0.2) is 0 Å². The van der Waals surface area contributed by atoms with Crippen molar-refractivity contribution in [3.8, 4) is 0 Å². The van der Waals surface area contributed by atoms with E-state index in [9.17, 15) is 4.39 Å². The Morgan fingerprint density at radius 3 is 2.62 bits per heavy atom. The van der Waals surface area contributed by atoms with Crippen molar-refractivity contribution in [1.29, 1.82) is 0 Å². The topological polar surface area (TPSA) is 59.6 Å². The summed E-state index contributed by atoms with van der Waals surface area (Å²) < 4.78 is 12.0. The molecular formula is C21H34FN3O. The van der Waals surface area contributed by atoms with Crippen LogP contribution in [-0.4, -0.2) is 25.7 Å². The van der Waals surface area contributed by atoms with Gasteiger partial charge in [-0.25, -0.2) is 4.39 Å². The van der Waals surface area contributed by atoms with Gasteiger partial charge in [0.2, 0.25) is 0 Å². The van der Waals surface area contributed by atoms with Crippen LogP contribution in [0, 0.1) is 0 Å². The average molecular weight is 364 g/mol. The standard InChI is InChI=1S/C21H34FN3O/c1-6-8-9-11-21(23)20(18(5)10-7-2)15-24-13-19(12-17(3)4)14-25-26-16-22/h9,11-12,14-15,21,24H,3,5-8,10,13,16,23H2,1-2,4H3/b11-9-,19-12-,20-15-,25-14-. The smallest absolute Gasteiger partial charge is 0.255 e. The quantitative estimate of drug-likeness (QED) is 0.199. The van der Waals surface area contributed by atoms with E-state index < -0.39 is 6.86 Å². The molecule has 0 amide bonds. The predicted molar refractivity (Wildman–Crippen MR) is 111 cm³/mol. The van der Waals surface area contributed by atoms with E-state index in [1.54, 1.807) is 0 Å². The number of hydrogen-bond donors (Lipinski definition) is 2. The highest BCUT2D eigenvalue weighted by Crippen LogP contribution is 2.17. The van der Waals surface area contributed by atoms with E-state index in [0.29, 0.717) is 6.54 Å². The van der Waals surface area contributed by atoms with Crippen LogP contribution in [-0.2, 0) is 4.84 Å². The largest absolute Gasteiger partial charge is 0.386 e. The van der Waals surface area contributed by atoms with Gasteiger partial charge in [-0.1, -0.05) is 68.8 Å². The van der Waals surface area contributed by atoms with Gasteiger partial charge in [0.25, 0.3) is 6.86 Å². The number of unbranched alkanes of at least 4 members (excludes halogenated alkanes) is 1. The Morgan fingerprint density at radius 1 is 1.31 bits per heavy atom. The summed E-state index contributed by atoms with van der Waals surface area (Å²) in [6.07, 6.45) is 13.3. The van der Waals surface area contributed by atoms with Crippen LogP contribution in [0.5, 0.6) is 0 Å². The minimum atomic E-state index is -0.954. The molecule has 0 aliphatic carbocycles. The molecule has 0 rings (SSSR count). The summed E-state index contributed by atoms with van der Waals surface area (Å²) in [6, 6.07) is -0.204. The summed E-state index contributed by atoms with van der Waals surface area (Å²) in [5, 5.41) is 6.81. The van der Waals surface area contributed by atoms with Gasteiger partial charge >= 0.3 is 0 Å². The van der Waals surface area contributed by atoms with Gasteiger partial charge in [0.1, 0.15) is 0 Å². The van der Waals surface area contributed by atoms with Crippen molar-refractivity contribution in [2.45, 2.75) is 52.5 Å². The lowest BCUT2D eigenvalue weighted by Gasteiger charge is -2.16. The van der Waals surface area contributed by atoms with Gasteiger partial charge in [-0.05, 0) is 36.5 Å². The number of allylic oxidation sites excluding steroid dienone is 3. The molecule has 5 heteroatoms. The van der Waals surface area contributed by atoms with E-state index in [1.807, 2.05) is 25.3 Å². The summed E-state index contributed by atoms with van der Waals surface area (Å²) in [5.74, 6) is 0. The second-order valence-electron chi connectivity index (χ2n) is 6.12. The lowest BCUT2D eigenvalue weighted by atomic mass is 9.97. The first-order valence-electron chi connectivity index (χ1n) is 9.07. The van der Waals surface area contributed by atoms with Crippen molar-refractivity contribution in [3.05, 3.63) is 59.9 Å². The Morgan fingerprint density at radius 2 is 2.04 bits per heavy atom. The molecule has 146 valence electrons. The third-order valence-electron chi connectivity index (χ3n) is 3.46. The lowest BCUT2D eigenvalue weighted by molar-refractivity contribution is 0.0646. The van der Waals surface area contributed by atoms with Crippen molar-refractivity contribution in [2.24, 2.45) is 10.9 Å². The number of nitrogens with zero attached hydrogens (tertiary/aromatic N) is 1.